The van der Waals surface area contributed by atoms with Gasteiger partial charge in [-0.15, -0.1) is 0 Å². The molecule has 2 heteroatoms. The van der Waals surface area contributed by atoms with E-state index < -0.39 is 0 Å². The average molecular weight is 218 g/mol. The second-order valence-corrected chi connectivity index (χ2v) is 4.86. The van der Waals surface area contributed by atoms with E-state index in [1.807, 2.05) is 0 Å². The molecule has 1 fully saturated rings. The third-order valence-electron chi connectivity index (χ3n) is 3.63. The van der Waals surface area contributed by atoms with E-state index in [0.717, 1.165) is 5.92 Å². The molecule has 0 radical (unpaired) electrons. The minimum Gasteiger partial charge on any atom is -0.371 e. The largest absolute Gasteiger partial charge is 0.371 e. The van der Waals surface area contributed by atoms with Crippen LogP contribution in [0.4, 0.5) is 5.69 Å². The van der Waals surface area contributed by atoms with Crippen LogP contribution >= 0.6 is 0 Å². The van der Waals surface area contributed by atoms with Crippen LogP contribution in [0.5, 0.6) is 0 Å². The number of anilines is 1. The van der Waals surface area contributed by atoms with Gasteiger partial charge in [-0.1, -0.05) is 31.5 Å². The molecule has 0 amide bonds. The number of benzene rings is 1. The van der Waals surface area contributed by atoms with E-state index in [1.54, 1.807) is 0 Å². The molecule has 16 heavy (non-hydrogen) atoms. The monoisotopic (exact) mass is 218 g/mol. The Bertz CT molecular complexity index is 346. The van der Waals surface area contributed by atoms with Crippen LogP contribution in [0.3, 0.4) is 0 Å². The average Bonchev–Trinajstić information content (AvgIpc) is 2.77. The molecule has 2 unspecified atom stereocenters. The molecule has 88 valence electrons. The van der Waals surface area contributed by atoms with Crippen molar-refractivity contribution in [3.05, 3.63) is 29.8 Å². The van der Waals surface area contributed by atoms with Crippen LogP contribution in [-0.4, -0.2) is 13.1 Å². The third kappa shape index (κ3) is 2.22. The van der Waals surface area contributed by atoms with Crippen molar-refractivity contribution in [3.63, 3.8) is 0 Å². The van der Waals surface area contributed by atoms with E-state index in [4.69, 9.17) is 5.73 Å². The zero-order valence-electron chi connectivity index (χ0n) is 10.3. The number of hydrogen-bond acceptors (Lipinski definition) is 2. The van der Waals surface area contributed by atoms with Gasteiger partial charge in [0.2, 0.25) is 0 Å². The summed E-state index contributed by atoms with van der Waals surface area (Å²) >= 11 is 0. The number of nitrogens with two attached hydrogens (primary N) is 1. The van der Waals surface area contributed by atoms with Gasteiger partial charge in [0.1, 0.15) is 0 Å². The highest BCUT2D eigenvalue weighted by Crippen LogP contribution is 2.30. The van der Waals surface area contributed by atoms with Gasteiger partial charge in [0.25, 0.3) is 0 Å². The molecule has 1 aromatic carbocycles. The summed E-state index contributed by atoms with van der Waals surface area (Å²) in [4.78, 5) is 2.49. The number of hydrogen-bond donors (Lipinski definition) is 1. The highest BCUT2D eigenvalue weighted by molar-refractivity contribution is 5.55. The van der Waals surface area contributed by atoms with Crippen LogP contribution in [0, 0.1) is 5.92 Å². The standard InChI is InChI=1S/C14H22N2/c1-3-12-8-9-16(10-12)14-7-5-4-6-13(14)11(2)15/h4-7,11-12H,3,8-10,15H2,1-2H3. The van der Waals surface area contributed by atoms with Crippen molar-refractivity contribution in [1.29, 1.82) is 0 Å². The van der Waals surface area contributed by atoms with E-state index in [9.17, 15) is 0 Å². The lowest BCUT2D eigenvalue weighted by atomic mass is 10.1. The Labute approximate surface area is 98.4 Å². The zero-order valence-corrected chi connectivity index (χ0v) is 10.3. The summed E-state index contributed by atoms with van der Waals surface area (Å²) in [6, 6.07) is 8.67. The molecular weight excluding hydrogens is 196 g/mol. The first-order chi connectivity index (χ1) is 7.72. The highest BCUT2D eigenvalue weighted by Gasteiger charge is 2.23. The molecule has 1 saturated heterocycles. The van der Waals surface area contributed by atoms with E-state index in [0.29, 0.717) is 0 Å². The van der Waals surface area contributed by atoms with Gasteiger partial charge in [0, 0.05) is 24.8 Å². The predicted octanol–water partition coefficient (Wildman–Crippen LogP) is 2.94. The van der Waals surface area contributed by atoms with Crippen molar-refractivity contribution < 1.29 is 0 Å². The van der Waals surface area contributed by atoms with Gasteiger partial charge in [-0.3, -0.25) is 0 Å². The summed E-state index contributed by atoms with van der Waals surface area (Å²) < 4.78 is 0. The lowest BCUT2D eigenvalue weighted by molar-refractivity contribution is 0.569. The quantitative estimate of drug-likeness (QED) is 0.845. The predicted molar refractivity (Wildman–Crippen MR) is 69.7 cm³/mol. The van der Waals surface area contributed by atoms with E-state index in [1.165, 1.54) is 37.2 Å². The van der Waals surface area contributed by atoms with Gasteiger partial charge in [-0.05, 0) is 30.9 Å². The summed E-state index contributed by atoms with van der Waals surface area (Å²) in [5, 5.41) is 0. The van der Waals surface area contributed by atoms with E-state index in [-0.39, 0.29) is 6.04 Å². The SMILES string of the molecule is CCC1CCN(c2ccccc2C(C)N)C1. The fourth-order valence-corrected chi connectivity index (χ4v) is 2.55. The smallest absolute Gasteiger partial charge is 0.0414 e. The molecule has 0 aromatic heterocycles. The van der Waals surface area contributed by atoms with E-state index in [2.05, 4.69) is 43.0 Å². The van der Waals surface area contributed by atoms with Crippen molar-refractivity contribution in [1.82, 2.24) is 0 Å². The molecule has 1 heterocycles. The first-order valence-corrected chi connectivity index (χ1v) is 6.31. The Hall–Kier alpha value is -1.02. The molecule has 0 saturated carbocycles. The number of nitrogens with zero attached hydrogens (tertiary/aromatic N) is 1. The van der Waals surface area contributed by atoms with Crippen LogP contribution in [0.1, 0.15) is 38.3 Å². The highest BCUT2D eigenvalue weighted by atomic mass is 15.2. The summed E-state index contributed by atoms with van der Waals surface area (Å²) in [6.45, 7) is 6.72. The molecule has 0 aliphatic carbocycles. The van der Waals surface area contributed by atoms with Gasteiger partial charge in [-0.25, -0.2) is 0 Å². The maximum absolute atomic E-state index is 6.02. The Morgan fingerprint density at radius 3 is 2.81 bits per heavy atom. The van der Waals surface area contributed by atoms with Crippen molar-refractivity contribution >= 4 is 5.69 Å². The molecule has 0 bridgehead atoms. The normalized spacial score (nSPS) is 22.4. The minimum atomic E-state index is 0.122. The Morgan fingerprint density at radius 1 is 1.44 bits per heavy atom. The molecule has 0 spiro atoms. The van der Waals surface area contributed by atoms with Gasteiger partial charge in [0.05, 0.1) is 0 Å². The second kappa shape index (κ2) is 4.88. The molecule has 2 atom stereocenters. The van der Waals surface area contributed by atoms with Gasteiger partial charge in [0.15, 0.2) is 0 Å². The molecule has 1 aromatic rings. The maximum Gasteiger partial charge on any atom is 0.0414 e. The van der Waals surface area contributed by atoms with Crippen molar-refractivity contribution in [3.8, 4) is 0 Å². The second-order valence-electron chi connectivity index (χ2n) is 4.86. The number of para-hydroxylation sites is 1. The third-order valence-corrected chi connectivity index (χ3v) is 3.63. The summed E-state index contributed by atoms with van der Waals surface area (Å²) in [6.07, 6.45) is 2.61. The van der Waals surface area contributed by atoms with Gasteiger partial charge >= 0.3 is 0 Å². The van der Waals surface area contributed by atoms with Crippen molar-refractivity contribution in [2.75, 3.05) is 18.0 Å². The Morgan fingerprint density at radius 2 is 2.19 bits per heavy atom. The van der Waals surface area contributed by atoms with Crippen LogP contribution in [0.2, 0.25) is 0 Å². The minimum absolute atomic E-state index is 0.122. The molecule has 2 nitrogen and oxygen atoms in total. The zero-order chi connectivity index (χ0) is 11.5. The molecule has 1 aliphatic rings. The van der Waals surface area contributed by atoms with Crippen molar-refractivity contribution in [2.45, 2.75) is 32.7 Å². The van der Waals surface area contributed by atoms with Gasteiger partial charge in [-0.2, -0.15) is 0 Å². The molecule has 2 N–H and O–H groups in total. The summed E-state index contributed by atoms with van der Waals surface area (Å²) in [5.74, 6) is 0.862. The summed E-state index contributed by atoms with van der Waals surface area (Å²) in [5.41, 5.74) is 8.64. The summed E-state index contributed by atoms with van der Waals surface area (Å²) in [7, 11) is 0. The van der Waals surface area contributed by atoms with Gasteiger partial charge < -0.3 is 10.6 Å². The number of rotatable bonds is 3. The Kier molecular flexibility index (Phi) is 3.49. The maximum atomic E-state index is 6.02. The van der Waals surface area contributed by atoms with Crippen LogP contribution in [0.15, 0.2) is 24.3 Å². The topological polar surface area (TPSA) is 29.3 Å². The first-order valence-electron chi connectivity index (χ1n) is 6.31. The molecular formula is C14H22N2. The lowest BCUT2D eigenvalue weighted by Crippen LogP contribution is -2.22. The van der Waals surface area contributed by atoms with E-state index >= 15 is 0 Å². The van der Waals surface area contributed by atoms with Crippen LogP contribution in [0.25, 0.3) is 0 Å². The molecule has 2 rings (SSSR count). The molecule has 1 aliphatic heterocycles. The van der Waals surface area contributed by atoms with Crippen LogP contribution in [-0.2, 0) is 0 Å². The van der Waals surface area contributed by atoms with Crippen molar-refractivity contribution in [2.24, 2.45) is 11.7 Å². The first kappa shape index (κ1) is 11.5. The lowest BCUT2D eigenvalue weighted by Gasteiger charge is -2.23. The Balaban J connectivity index is 2.20. The van der Waals surface area contributed by atoms with Crippen LogP contribution < -0.4 is 10.6 Å². The fourth-order valence-electron chi connectivity index (χ4n) is 2.55. The fraction of sp³-hybridized carbons (Fsp3) is 0.571.